The second-order valence-electron chi connectivity index (χ2n) is 3.29. The van der Waals surface area contributed by atoms with E-state index in [0.29, 0.717) is 5.54 Å². The summed E-state index contributed by atoms with van der Waals surface area (Å²) in [4.78, 5) is 2.49. The first-order valence-electron chi connectivity index (χ1n) is 4.04. The van der Waals surface area contributed by atoms with Gasteiger partial charge in [-0.2, -0.15) is 0 Å². The highest BCUT2D eigenvalue weighted by atomic mass is 15.4. The van der Waals surface area contributed by atoms with Crippen molar-refractivity contribution in [2.75, 3.05) is 26.4 Å². The maximum absolute atomic E-state index is 3.40. The predicted octanol–water partition coefficient (Wildman–Crippen LogP) is -0.441. The van der Waals surface area contributed by atoms with E-state index in [9.17, 15) is 0 Å². The van der Waals surface area contributed by atoms with E-state index in [1.807, 2.05) is 0 Å². The molecule has 2 rings (SSSR count). The molecule has 0 aromatic rings. The number of nitrogens with zero attached hydrogens (tertiary/aromatic N) is 1. The highest BCUT2D eigenvalue weighted by molar-refractivity contribution is 5.01. The third kappa shape index (κ3) is 0.713. The van der Waals surface area contributed by atoms with Gasteiger partial charge in [-0.15, -0.1) is 0 Å². The molecule has 2 saturated heterocycles. The Bertz CT molecular complexity index is 125. The first-order chi connectivity index (χ1) is 4.87. The zero-order valence-corrected chi connectivity index (χ0v) is 6.48. The molecule has 3 heteroatoms. The molecule has 0 radical (unpaired) electrons. The van der Waals surface area contributed by atoms with E-state index in [0.717, 1.165) is 26.4 Å². The third-order valence-corrected chi connectivity index (χ3v) is 2.84. The molecule has 10 heavy (non-hydrogen) atoms. The fourth-order valence-corrected chi connectivity index (χ4v) is 2.00. The van der Waals surface area contributed by atoms with E-state index in [1.165, 1.54) is 6.42 Å². The van der Waals surface area contributed by atoms with Crippen molar-refractivity contribution in [2.45, 2.75) is 18.9 Å². The molecular formula is C7H15N3. The van der Waals surface area contributed by atoms with Gasteiger partial charge in [-0.25, -0.2) is 0 Å². The van der Waals surface area contributed by atoms with E-state index < -0.39 is 0 Å². The maximum atomic E-state index is 3.40. The van der Waals surface area contributed by atoms with Gasteiger partial charge in [-0.3, -0.25) is 4.90 Å². The Morgan fingerprint density at radius 3 is 2.30 bits per heavy atom. The lowest BCUT2D eigenvalue weighted by atomic mass is 9.98. The molecule has 0 atom stereocenters. The summed E-state index contributed by atoms with van der Waals surface area (Å²) < 4.78 is 0. The lowest BCUT2D eigenvalue weighted by Gasteiger charge is -2.27. The van der Waals surface area contributed by atoms with Crippen molar-refractivity contribution < 1.29 is 0 Å². The van der Waals surface area contributed by atoms with Gasteiger partial charge in [0.15, 0.2) is 0 Å². The van der Waals surface area contributed by atoms with Gasteiger partial charge >= 0.3 is 0 Å². The van der Waals surface area contributed by atoms with E-state index in [4.69, 9.17) is 0 Å². The number of fused-ring (bicyclic) bond motifs is 1. The maximum Gasteiger partial charge on any atom is 0.0499 e. The van der Waals surface area contributed by atoms with Crippen LogP contribution in [0.4, 0.5) is 0 Å². The normalized spacial score (nSPS) is 30.9. The smallest absolute Gasteiger partial charge is 0.0499 e. The molecule has 2 fully saturated rings. The van der Waals surface area contributed by atoms with Gasteiger partial charge in [0.2, 0.25) is 0 Å². The fraction of sp³-hybridized carbons (Fsp3) is 1.00. The quantitative estimate of drug-likeness (QED) is 0.518. The van der Waals surface area contributed by atoms with Crippen LogP contribution in [0.5, 0.6) is 0 Å². The molecule has 2 aliphatic heterocycles. The zero-order valence-electron chi connectivity index (χ0n) is 6.48. The second kappa shape index (κ2) is 2.19. The van der Waals surface area contributed by atoms with Crippen molar-refractivity contribution in [3.8, 4) is 0 Å². The number of nitrogens with one attached hydrogen (secondary N) is 2. The molecular weight excluding hydrogens is 126 g/mol. The molecule has 0 aliphatic carbocycles. The predicted molar refractivity (Wildman–Crippen MR) is 40.6 cm³/mol. The van der Waals surface area contributed by atoms with Crippen molar-refractivity contribution in [2.24, 2.45) is 0 Å². The van der Waals surface area contributed by atoms with E-state index >= 15 is 0 Å². The molecule has 0 unspecified atom stereocenters. The van der Waals surface area contributed by atoms with Crippen molar-refractivity contribution in [3.63, 3.8) is 0 Å². The van der Waals surface area contributed by atoms with Crippen LogP contribution in [0.1, 0.15) is 13.3 Å². The molecule has 0 spiro atoms. The van der Waals surface area contributed by atoms with E-state index in [1.54, 1.807) is 0 Å². The third-order valence-electron chi connectivity index (χ3n) is 2.84. The molecule has 0 aromatic heterocycles. The number of hydrogen-bond donors (Lipinski definition) is 2. The van der Waals surface area contributed by atoms with Crippen molar-refractivity contribution >= 4 is 0 Å². The summed E-state index contributed by atoms with van der Waals surface area (Å²) in [7, 11) is 0. The zero-order chi connectivity index (χ0) is 7.03. The van der Waals surface area contributed by atoms with Crippen LogP contribution in [0.25, 0.3) is 0 Å². The van der Waals surface area contributed by atoms with Gasteiger partial charge < -0.3 is 10.6 Å². The largest absolute Gasteiger partial charge is 0.302 e. The van der Waals surface area contributed by atoms with Crippen LogP contribution in [0.2, 0.25) is 0 Å². The summed E-state index contributed by atoms with van der Waals surface area (Å²) in [5, 5.41) is 6.80. The van der Waals surface area contributed by atoms with Crippen LogP contribution in [0, 0.1) is 0 Å². The molecule has 3 nitrogen and oxygen atoms in total. The minimum Gasteiger partial charge on any atom is -0.302 e. The Morgan fingerprint density at radius 1 is 1.30 bits per heavy atom. The minimum atomic E-state index is 0.458. The molecule has 0 aromatic carbocycles. The van der Waals surface area contributed by atoms with Gasteiger partial charge in [0.1, 0.15) is 0 Å². The Balaban J connectivity index is 2.15. The van der Waals surface area contributed by atoms with Crippen LogP contribution in [0.3, 0.4) is 0 Å². The fourth-order valence-electron chi connectivity index (χ4n) is 2.00. The minimum absolute atomic E-state index is 0.458. The van der Waals surface area contributed by atoms with Gasteiger partial charge in [0, 0.05) is 32.0 Å². The van der Waals surface area contributed by atoms with Crippen LogP contribution >= 0.6 is 0 Å². The van der Waals surface area contributed by atoms with Crippen molar-refractivity contribution in [3.05, 3.63) is 0 Å². The average molecular weight is 141 g/mol. The van der Waals surface area contributed by atoms with Gasteiger partial charge in [-0.05, 0) is 6.42 Å². The standard InChI is InChI=1S/C7H15N3/c1-2-7-3-8-5-10(7)6-9-4-7/h8-9H,2-6H2,1H3. The number of hydrogen-bond acceptors (Lipinski definition) is 3. The summed E-state index contributed by atoms with van der Waals surface area (Å²) >= 11 is 0. The van der Waals surface area contributed by atoms with Gasteiger partial charge in [0.25, 0.3) is 0 Å². The highest BCUT2D eigenvalue weighted by Crippen LogP contribution is 2.24. The first-order valence-corrected chi connectivity index (χ1v) is 4.04. The Morgan fingerprint density at radius 2 is 1.90 bits per heavy atom. The Hall–Kier alpha value is -0.120. The van der Waals surface area contributed by atoms with Crippen LogP contribution < -0.4 is 10.6 Å². The number of rotatable bonds is 1. The Kier molecular flexibility index (Phi) is 1.44. The van der Waals surface area contributed by atoms with Gasteiger partial charge in [0.05, 0.1) is 0 Å². The summed E-state index contributed by atoms with van der Waals surface area (Å²) in [6.45, 7) is 6.74. The lowest BCUT2D eigenvalue weighted by Crippen LogP contribution is -2.42. The molecule has 2 N–H and O–H groups in total. The molecule has 0 bridgehead atoms. The molecule has 0 saturated carbocycles. The van der Waals surface area contributed by atoms with Crippen LogP contribution in [-0.2, 0) is 0 Å². The van der Waals surface area contributed by atoms with Gasteiger partial charge in [-0.1, -0.05) is 6.92 Å². The second-order valence-corrected chi connectivity index (χ2v) is 3.29. The summed E-state index contributed by atoms with van der Waals surface area (Å²) in [5.41, 5.74) is 0.458. The van der Waals surface area contributed by atoms with Crippen LogP contribution in [0.15, 0.2) is 0 Å². The van der Waals surface area contributed by atoms with E-state index in [-0.39, 0.29) is 0 Å². The van der Waals surface area contributed by atoms with Crippen molar-refractivity contribution in [1.29, 1.82) is 0 Å². The average Bonchev–Trinajstić information content (AvgIpc) is 2.42. The summed E-state index contributed by atoms with van der Waals surface area (Å²) in [5.74, 6) is 0. The molecule has 58 valence electrons. The topological polar surface area (TPSA) is 27.3 Å². The van der Waals surface area contributed by atoms with Crippen LogP contribution in [-0.4, -0.2) is 36.9 Å². The molecule has 2 aliphatic rings. The first kappa shape index (κ1) is 6.58. The SMILES string of the molecule is CCC12CNCN1CNC2. The summed E-state index contributed by atoms with van der Waals surface area (Å²) in [6, 6.07) is 0. The monoisotopic (exact) mass is 141 g/mol. The van der Waals surface area contributed by atoms with E-state index in [2.05, 4.69) is 22.5 Å². The van der Waals surface area contributed by atoms with Crippen molar-refractivity contribution in [1.82, 2.24) is 15.5 Å². The molecule has 2 heterocycles. The Labute approximate surface area is 61.8 Å². The lowest BCUT2D eigenvalue weighted by molar-refractivity contribution is 0.210. The highest BCUT2D eigenvalue weighted by Gasteiger charge is 2.42. The molecule has 0 amide bonds. The summed E-state index contributed by atoms with van der Waals surface area (Å²) in [6.07, 6.45) is 1.26.